The van der Waals surface area contributed by atoms with Gasteiger partial charge in [-0.3, -0.25) is 14.4 Å². The smallest absolute Gasteiger partial charge is 0.250 e. The quantitative estimate of drug-likeness (QED) is 0.711. The molecule has 0 bridgehead atoms. The van der Waals surface area contributed by atoms with E-state index in [1.807, 2.05) is 35.2 Å². The molecular weight excluding hydrogens is 432 g/mol. The highest BCUT2D eigenvalue weighted by Crippen LogP contribution is 2.40. The van der Waals surface area contributed by atoms with Gasteiger partial charge in [0.2, 0.25) is 11.8 Å². The van der Waals surface area contributed by atoms with Crippen LogP contribution in [0.5, 0.6) is 0 Å². The molecule has 8 nitrogen and oxygen atoms in total. The van der Waals surface area contributed by atoms with Gasteiger partial charge in [0.25, 0.3) is 5.91 Å². The van der Waals surface area contributed by atoms with Crippen LogP contribution in [-0.2, 0) is 20.9 Å². The third-order valence-corrected chi connectivity index (χ3v) is 7.56. The number of carbonyl (C=O) groups excluding carboxylic acids is 3. The van der Waals surface area contributed by atoms with Crippen molar-refractivity contribution in [3.05, 3.63) is 54.5 Å². The molecule has 1 N–H and O–H groups in total. The summed E-state index contributed by atoms with van der Waals surface area (Å²) in [6, 6.07) is 13.5. The van der Waals surface area contributed by atoms with Crippen molar-refractivity contribution >= 4 is 23.4 Å². The zero-order valence-corrected chi connectivity index (χ0v) is 19.4. The number of hydrogen-bond acceptors (Lipinski definition) is 5. The summed E-state index contributed by atoms with van der Waals surface area (Å²) < 4.78 is 5.27. The van der Waals surface area contributed by atoms with Gasteiger partial charge in [-0.05, 0) is 49.9 Å². The highest BCUT2D eigenvalue weighted by molar-refractivity contribution is 5.96. The molecule has 3 heterocycles. The molecule has 1 aromatic heterocycles. The molecule has 1 aromatic carbocycles. The zero-order valence-electron chi connectivity index (χ0n) is 19.4. The van der Waals surface area contributed by atoms with Crippen LogP contribution in [0.15, 0.2) is 53.1 Å². The molecule has 1 aliphatic carbocycles. The first-order chi connectivity index (χ1) is 16.6. The Bertz CT molecular complexity index is 1010. The molecule has 2 aromatic rings. The topological polar surface area (TPSA) is 86.1 Å². The third-order valence-electron chi connectivity index (χ3n) is 7.56. The Kier molecular flexibility index (Phi) is 6.30. The fourth-order valence-corrected chi connectivity index (χ4v) is 5.68. The van der Waals surface area contributed by atoms with E-state index in [4.69, 9.17) is 4.42 Å². The SMILES string of the molecule is O=C(CN1CN(c2ccccc2)C2(CCN(C(=O)C3CCCC3)CC2)C1=O)NCc1ccco1. The van der Waals surface area contributed by atoms with E-state index in [0.717, 1.165) is 31.4 Å². The molecule has 2 aliphatic heterocycles. The molecule has 0 radical (unpaired) electrons. The second kappa shape index (κ2) is 9.52. The van der Waals surface area contributed by atoms with Crippen LogP contribution in [0, 0.1) is 5.92 Å². The number of nitrogens with zero attached hydrogens (tertiary/aromatic N) is 3. The molecule has 2 saturated heterocycles. The molecule has 1 saturated carbocycles. The second-order valence-corrected chi connectivity index (χ2v) is 9.60. The van der Waals surface area contributed by atoms with Crippen LogP contribution in [0.2, 0.25) is 0 Å². The number of nitrogens with one attached hydrogen (secondary N) is 1. The molecular formula is C26H32N4O4. The van der Waals surface area contributed by atoms with E-state index in [1.165, 1.54) is 0 Å². The monoisotopic (exact) mass is 464 g/mol. The summed E-state index contributed by atoms with van der Waals surface area (Å²) in [6.45, 7) is 1.79. The minimum Gasteiger partial charge on any atom is -0.467 e. The van der Waals surface area contributed by atoms with Crippen molar-refractivity contribution in [2.75, 3.05) is 31.2 Å². The van der Waals surface area contributed by atoms with Gasteiger partial charge in [0.15, 0.2) is 0 Å². The normalized spacial score (nSPS) is 20.4. The highest BCUT2D eigenvalue weighted by Gasteiger charge is 2.54. The van der Waals surface area contributed by atoms with Crippen molar-refractivity contribution in [2.45, 2.75) is 50.6 Å². The summed E-state index contributed by atoms with van der Waals surface area (Å²) in [7, 11) is 0. The van der Waals surface area contributed by atoms with Crippen molar-refractivity contribution in [2.24, 2.45) is 5.92 Å². The van der Waals surface area contributed by atoms with Gasteiger partial charge in [-0.2, -0.15) is 0 Å². The molecule has 0 atom stereocenters. The minimum atomic E-state index is -0.727. The van der Waals surface area contributed by atoms with Crippen LogP contribution >= 0.6 is 0 Å². The zero-order chi connectivity index (χ0) is 23.5. The van der Waals surface area contributed by atoms with Crippen LogP contribution in [0.25, 0.3) is 0 Å². The average Bonchev–Trinajstić information content (AvgIpc) is 3.63. The summed E-state index contributed by atoms with van der Waals surface area (Å²) in [4.78, 5) is 45.1. The summed E-state index contributed by atoms with van der Waals surface area (Å²) in [6.07, 6.45) is 6.94. The lowest BCUT2D eigenvalue weighted by molar-refractivity contribution is -0.141. The Morgan fingerprint density at radius 3 is 2.44 bits per heavy atom. The first-order valence-electron chi connectivity index (χ1n) is 12.3. The van der Waals surface area contributed by atoms with E-state index < -0.39 is 5.54 Å². The maximum Gasteiger partial charge on any atom is 0.250 e. The Hall–Kier alpha value is -3.29. The summed E-state index contributed by atoms with van der Waals surface area (Å²) in [5.74, 6) is 0.815. The van der Waals surface area contributed by atoms with E-state index >= 15 is 0 Å². The predicted molar refractivity (Wildman–Crippen MR) is 127 cm³/mol. The van der Waals surface area contributed by atoms with Crippen molar-refractivity contribution in [3.8, 4) is 0 Å². The maximum atomic E-state index is 13.7. The van der Waals surface area contributed by atoms with E-state index in [-0.39, 0.29) is 30.2 Å². The van der Waals surface area contributed by atoms with Crippen LogP contribution in [0.1, 0.15) is 44.3 Å². The molecule has 180 valence electrons. The number of benzene rings is 1. The summed E-state index contributed by atoms with van der Waals surface area (Å²) in [5, 5.41) is 2.83. The fourth-order valence-electron chi connectivity index (χ4n) is 5.68. The Morgan fingerprint density at radius 2 is 1.76 bits per heavy atom. The highest BCUT2D eigenvalue weighted by atomic mass is 16.3. The number of piperidine rings is 1. The van der Waals surface area contributed by atoms with E-state index in [0.29, 0.717) is 44.9 Å². The van der Waals surface area contributed by atoms with Gasteiger partial charge in [0, 0.05) is 24.7 Å². The lowest BCUT2D eigenvalue weighted by atomic mass is 9.85. The van der Waals surface area contributed by atoms with Crippen molar-refractivity contribution in [3.63, 3.8) is 0 Å². The molecule has 34 heavy (non-hydrogen) atoms. The lowest BCUT2D eigenvalue weighted by Gasteiger charge is -2.43. The van der Waals surface area contributed by atoms with Gasteiger partial charge in [0.1, 0.15) is 17.8 Å². The number of carbonyl (C=O) groups is 3. The molecule has 0 unspecified atom stereocenters. The Morgan fingerprint density at radius 1 is 1.03 bits per heavy atom. The van der Waals surface area contributed by atoms with Gasteiger partial charge in [-0.15, -0.1) is 0 Å². The predicted octanol–water partition coefficient (Wildman–Crippen LogP) is 2.75. The average molecular weight is 465 g/mol. The first kappa shape index (κ1) is 22.5. The van der Waals surface area contributed by atoms with Gasteiger partial charge in [0.05, 0.1) is 19.5 Å². The lowest BCUT2D eigenvalue weighted by Crippen LogP contribution is -2.58. The van der Waals surface area contributed by atoms with Crippen LogP contribution in [0.4, 0.5) is 5.69 Å². The molecule has 1 spiro atoms. The number of hydrogen-bond donors (Lipinski definition) is 1. The fraction of sp³-hybridized carbons (Fsp3) is 0.500. The molecule has 3 aliphatic rings. The number of likely N-dealkylation sites (tertiary alicyclic amines) is 1. The van der Waals surface area contributed by atoms with Crippen LogP contribution < -0.4 is 10.2 Å². The van der Waals surface area contributed by atoms with Gasteiger partial charge in [-0.25, -0.2) is 0 Å². The number of amides is 3. The third kappa shape index (κ3) is 4.29. The molecule has 3 amide bonds. The van der Waals surface area contributed by atoms with Crippen molar-refractivity contribution < 1.29 is 18.8 Å². The molecule has 8 heteroatoms. The van der Waals surface area contributed by atoms with E-state index in [9.17, 15) is 14.4 Å². The minimum absolute atomic E-state index is 0.00462. The number of rotatable bonds is 6. The van der Waals surface area contributed by atoms with Crippen molar-refractivity contribution in [1.29, 1.82) is 0 Å². The largest absolute Gasteiger partial charge is 0.467 e. The van der Waals surface area contributed by atoms with E-state index in [1.54, 1.807) is 23.3 Å². The number of anilines is 1. The van der Waals surface area contributed by atoms with Gasteiger partial charge in [-0.1, -0.05) is 31.0 Å². The molecule has 3 fully saturated rings. The van der Waals surface area contributed by atoms with Gasteiger partial charge >= 0.3 is 0 Å². The standard InChI is InChI=1S/C26H32N4O4/c31-23(27-17-22-11-6-16-34-22)18-29-19-30(21-9-2-1-3-10-21)26(25(29)33)12-14-28(15-13-26)24(32)20-7-4-5-8-20/h1-3,6,9-11,16,20H,4-5,7-8,12-15,17-19H2,(H,27,31). The first-order valence-corrected chi connectivity index (χ1v) is 12.3. The van der Waals surface area contributed by atoms with Crippen LogP contribution in [0.3, 0.4) is 0 Å². The number of furan rings is 1. The second-order valence-electron chi connectivity index (χ2n) is 9.60. The summed E-state index contributed by atoms with van der Waals surface area (Å²) >= 11 is 0. The van der Waals surface area contributed by atoms with Gasteiger partial charge < -0.3 is 24.4 Å². The van der Waals surface area contributed by atoms with Crippen molar-refractivity contribution in [1.82, 2.24) is 15.1 Å². The molecule has 5 rings (SSSR count). The maximum absolute atomic E-state index is 13.7. The Balaban J connectivity index is 1.29. The van der Waals surface area contributed by atoms with E-state index in [2.05, 4.69) is 10.2 Å². The van der Waals surface area contributed by atoms with Crippen LogP contribution in [-0.4, -0.2) is 59.4 Å². The number of para-hydroxylation sites is 1. The summed E-state index contributed by atoms with van der Waals surface area (Å²) in [5.41, 5.74) is 0.236. The Labute approximate surface area is 199 Å².